The van der Waals surface area contributed by atoms with Gasteiger partial charge < -0.3 is 18.9 Å². The number of carbonyl (C=O) groups excluding carboxylic acids is 2. The van der Waals surface area contributed by atoms with Gasteiger partial charge in [0.05, 0.1) is 27.7 Å². The predicted molar refractivity (Wildman–Crippen MR) is 279 cm³/mol. The molecule has 2 atom stereocenters. The molecule has 2 unspecified atom stereocenters. The molecule has 0 saturated heterocycles. The summed E-state index contributed by atoms with van der Waals surface area (Å²) in [6.07, 6.45) is 66.5. The highest BCUT2D eigenvalue weighted by Gasteiger charge is 2.27. The van der Waals surface area contributed by atoms with Gasteiger partial charge in [-0.3, -0.25) is 18.6 Å². The van der Waals surface area contributed by atoms with Crippen LogP contribution in [-0.2, 0) is 32.7 Å². The number of likely N-dealkylation sites (N-methyl/N-ethyl adjacent to an activating group) is 1. The molecule has 0 aliphatic carbocycles. The summed E-state index contributed by atoms with van der Waals surface area (Å²) in [6, 6.07) is 0. The summed E-state index contributed by atoms with van der Waals surface area (Å²) in [6.45, 7) is 4.09. The first kappa shape index (κ1) is 62.1. The molecule has 10 heteroatoms. The van der Waals surface area contributed by atoms with Crippen molar-refractivity contribution in [1.29, 1.82) is 0 Å². The van der Waals surface area contributed by atoms with Crippen molar-refractivity contribution in [3.63, 3.8) is 0 Å². The molecular weight excluding hydrogens is 846 g/mol. The molecule has 372 valence electrons. The number of phosphoric acid groups is 1. The van der Waals surface area contributed by atoms with E-state index in [9.17, 15) is 19.0 Å². The van der Waals surface area contributed by atoms with Crippen LogP contribution in [0, 0.1) is 0 Å². The molecule has 0 aromatic heterocycles. The van der Waals surface area contributed by atoms with Crippen molar-refractivity contribution in [2.45, 2.75) is 161 Å². The Kier molecular flexibility index (Phi) is 43.6. The van der Waals surface area contributed by atoms with Crippen LogP contribution >= 0.6 is 7.82 Å². The number of rotatable bonds is 43. The van der Waals surface area contributed by atoms with Gasteiger partial charge >= 0.3 is 19.8 Å². The molecule has 0 bridgehead atoms. The van der Waals surface area contributed by atoms with Gasteiger partial charge in [0.15, 0.2) is 6.10 Å². The van der Waals surface area contributed by atoms with Crippen LogP contribution in [0.25, 0.3) is 0 Å². The van der Waals surface area contributed by atoms with Crippen LogP contribution in [0.2, 0.25) is 0 Å². The largest absolute Gasteiger partial charge is 0.472 e. The van der Waals surface area contributed by atoms with Crippen LogP contribution in [0.5, 0.6) is 0 Å². The molecule has 0 radical (unpaired) electrons. The number of esters is 2. The second kappa shape index (κ2) is 46.3. The molecule has 0 saturated carbocycles. The zero-order chi connectivity index (χ0) is 48.5. The maximum Gasteiger partial charge on any atom is 0.472 e. The smallest absolute Gasteiger partial charge is 0.462 e. The van der Waals surface area contributed by atoms with Crippen LogP contribution in [0.1, 0.15) is 155 Å². The number of hydrogen-bond donors (Lipinski definition) is 1. The molecule has 1 N–H and O–H groups in total. The van der Waals surface area contributed by atoms with Crippen molar-refractivity contribution in [2.24, 2.45) is 0 Å². The minimum absolute atomic E-state index is 0.0108. The number of ether oxygens (including phenoxy) is 2. The molecule has 0 aromatic rings. The molecule has 9 nitrogen and oxygen atoms in total. The lowest BCUT2D eigenvalue weighted by molar-refractivity contribution is -0.870. The third-order valence-electron chi connectivity index (χ3n) is 9.68. The van der Waals surface area contributed by atoms with E-state index < -0.39 is 32.5 Å². The zero-order valence-electron chi connectivity index (χ0n) is 41.9. The Morgan fingerprint density at radius 2 is 0.818 bits per heavy atom. The van der Waals surface area contributed by atoms with E-state index >= 15 is 0 Å². The number of carbonyl (C=O) groups is 2. The van der Waals surface area contributed by atoms with E-state index in [1.54, 1.807) is 0 Å². The predicted octanol–water partition coefficient (Wildman–Crippen LogP) is 15.0. The fourth-order valence-corrected chi connectivity index (χ4v) is 6.61. The highest BCUT2D eigenvalue weighted by Crippen LogP contribution is 2.43. The van der Waals surface area contributed by atoms with Gasteiger partial charge in [0.2, 0.25) is 0 Å². The standard InChI is InChI=1S/C56H90NO8P/c1-6-8-10-12-14-16-18-20-22-24-26-28-30-32-34-36-38-40-42-44-46-48-55(58)62-52-54(53-64-66(60,61)63-51-50-57(3,4)5)65-56(59)49-47-45-43-41-39-37-35-33-31-29-27-25-23-21-19-17-15-13-11-9-7-2/h8-11,14-17,20-23,26-29,32-35,39,41,54H,6-7,12-13,18-19,24-25,30-31,36-38,40,42-53H2,1-5H3/p+1/b10-8-,11-9-,16-14-,17-15-,22-20-,23-21-,28-26-,29-27-,34-32-,35-33-,41-39-. The molecule has 0 rings (SSSR count). The average Bonchev–Trinajstić information content (AvgIpc) is 3.27. The Morgan fingerprint density at radius 1 is 0.470 bits per heavy atom. The number of hydrogen-bond acceptors (Lipinski definition) is 7. The van der Waals surface area contributed by atoms with Crippen LogP contribution in [0.3, 0.4) is 0 Å². The van der Waals surface area contributed by atoms with E-state index in [2.05, 4.69) is 148 Å². The molecular formula is C56H91NO8P+. The Balaban J connectivity index is 4.44. The van der Waals surface area contributed by atoms with Crippen molar-refractivity contribution in [3.8, 4) is 0 Å². The number of quaternary nitrogens is 1. The molecule has 0 heterocycles. The average molecular weight is 937 g/mol. The topological polar surface area (TPSA) is 108 Å². The third kappa shape index (κ3) is 49.6. The summed E-state index contributed by atoms with van der Waals surface area (Å²) in [5.41, 5.74) is 0. The summed E-state index contributed by atoms with van der Waals surface area (Å²) < 4.78 is 34.4. The van der Waals surface area contributed by atoms with E-state index in [0.717, 1.165) is 116 Å². The highest BCUT2D eigenvalue weighted by atomic mass is 31.2. The summed E-state index contributed by atoms with van der Waals surface area (Å²) in [5.74, 6) is -0.886. The first-order valence-corrected chi connectivity index (χ1v) is 26.4. The Morgan fingerprint density at radius 3 is 1.24 bits per heavy atom. The van der Waals surface area contributed by atoms with Gasteiger partial charge in [-0.2, -0.15) is 0 Å². The van der Waals surface area contributed by atoms with Gasteiger partial charge in [-0.05, 0) is 109 Å². The third-order valence-corrected chi connectivity index (χ3v) is 10.7. The van der Waals surface area contributed by atoms with E-state index in [1.807, 2.05) is 21.1 Å². The maximum absolute atomic E-state index is 12.7. The van der Waals surface area contributed by atoms with Gasteiger partial charge in [-0.15, -0.1) is 0 Å². The lowest BCUT2D eigenvalue weighted by Crippen LogP contribution is -2.37. The van der Waals surface area contributed by atoms with Gasteiger partial charge in [0.25, 0.3) is 0 Å². The number of unbranched alkanes of at least 4 members (excludes halogenated alkanes) is 7. The summed E-state index contributed by atoms with van der Waals surface area (Å²) in [5, 5.41) is 0. The van der Waals surface area contributed by atoms with Crippen molar-refractivity contribution >= 4 is 19.8 Å². The lowest BCUT2D eigenvalue weighted by atomic mass is 10.1. The monoisotopic (exact) mass is 937 g/mol. The zero-order valence-corrected chi connectivity index (χ0v) is 42.8. The van der Waals surface area contributed by atoms with E-state index in [4.69, 9.17) is 18.5 Å². The van der Waals surface area contributed by atoms with E-state index in [-0.39, 0.29) is 26.1 Å². The van der Waals surface area contributed by atoms with Gasteiger partial charge in [0, 0.05) is 12.8 Å². The molecule has 0 fully saturated rings. The van der Waals surface area contributed by atoms with Crippen molar-refractivity contribution in [3.05, 3.63) is 134 Å². The Bertz CT molecular complexity index is 1570. The molecule has 0 aromatic carbocycles. The Labute approximate surface area is 402 Å². The SMILES string of the molecule is CC/C=C\C/C=C\C/C=C\C/C=C\C/C=C\C/C=C\CCCCC(=O)OC(COC(=O)CCCCCCC/C=C\C/C=C\C/C=C\C/C=C\C/C=C\CC)COP(=O)(O)OCC[N+](C)(C)C. The summed E-state index contributed by atoms with van der Waals surface area (Å²) in [4.78, 5) is 35.5. The first-order chi connectivity index (χ1) is 32.0. The van der Waals surface area contributed by atoms with E-state index in [1.165, 1.54) is 0 Å². The second-order valence-corrected chi connectivity index (χ2v) is 18.5. The van der Waals surface area contributed by atoms with Crippen LogP contribution in [0.15, 0.2) is 134 Å². The van der Waals surface area contributed by atoms with Gasteiger partial charge in [0.1, 0.15) is 19.8 Å². The second-order valence-electron chi connectivity index (χ2n) is 17.1. The maximum atomic E-state index is 12.7. The molecule has 0 aliphatic heterocycles. The quantitative estimate of drug-likeness (QED) is 0.0212. The lowest BCUT2D eigenvalue weighted by Gasteiger charge is -2.24. The Hall–Kier alpha value is -3.85. The number of nitrogens with zero attached hydrogens (tertiary/aromatic N) is 1. The van der Waals surface area contributed by atoms with Crippen LogP contribution in [0.4, 0.5) is 0 Å². The fourth-order valence-electron chi connectivity index (χ4n) is 5.87. The van der Waals surface area contributed by atoms with Crippen molar-refractivity contribution < 1.29 is 42.1 Å². The van der Waals surface area contributed by atoms with Crippen molar-refractivity contribution in [2.75, 3.05) is 47.5 Å². The highest BCUT2D eigenvalue weighted by molar-refractivity contribution is 7.47. The molecule has 0 spiro atoms. The fraction of sp³-hybridized carbons (Fsp3) is 0.571. The number of allylic oxidation sites excluding steroid dienone is 22. The minimum atomic E-state index is -4.41. The van der Waals surface area contributed by atoms with Crippen LogP contribution < -0.4 is 0 Å². The summed E-state index contributed by atoms with van der Waals surface area (Å²) >= 11 is 0. The number of phosphoric ester groups is 1. The molecule has 66 heavy (non-hydrogen) atoms. The van der Waals surface area contributed by atoms with Gasteiger partial charge in [-0.1, -0.05) is 167 Å². The minimum Gasteiger partial charge on any atom is -0.462 e. The first-order valence-electron chi connectivity index (χ1n) is 24.9. The van der Waals surface area contributed by atoms with Gasteiger partial charge in [-0.25, -0.2) is 4.57 Å². The molecule has 0 aliphatic rings. The summed E-state index contributed by atoms with van der Waals surface area (Å²) in [7, 11) is 1.41. The normalized spacial score (nSPS) is 14.6. The van der Waals surface area contributed by atoms with E-state index in [0.29, 0.717) is 23.9 Å². The van der Waals surface area contributed by atoms with Crippen LogP contribution in [-0.4, -0.2) is 74.9 Å². The molecule has 0 amide bonds. The van der Waals surface area contributed by atoms with Crippen molar-refractivity contribution in [1.82, 2.24) is 0 Å².